The minimum Gasteiger partial charge on any atom is -0.382 e. The summed E-state index contributed by atoms with van der Waals surface area (Å²) in [4.78, 5) is 10.8. The molecule has 0 spiro atoms. The lowest BCUT2D eigenvalue weighted by Gasteiger charge is -2.35. The fourth-order valence-electron chi connectivity index (χ4n) is 3.68. The van der Waals surface area contributed by atoms with E-state index >= 15 is 0 Å². The smallest absolute Gasteiger partial charge is 0.153 e. The molecule has 4 heteroatoms. The van der Waals surface area contributed by atoms with Gasteiger partial charge in [-0.05, 0) is 17.2 Å². The van der Waals surface area contributed by atoms with E-state index in [1.54, 1.807) is 10.9 Å². The van der Waals surface area contributed by atoms with E-state index in [2.05, 4.69) is 59.7 Å². The van der Waals surface area contributed by atoms with Crippen LogP contribution in [0.4, 0.5) is 5.82 Å². The number of anilines is 1. The maximum absolute atomic E-state index is 10.8. The van der Waals surface area contributed by atoms with Gasteiger partial charge < -0.3 is 5.73 Å². The van der Waals surface area contributed by atoms with Crippen LogP contribution in [0.3, 0.4) is 0 Å². The molecule has 1 heterocycles. The van der Waals surface area contributed by atoms with Gasteiger partial charge in [0.15, 0.2) is 5.82 Å². The summed E-state index contributed by atoms with van der Waals surface area (Å²) in [6.45, 7) is 0. The first-order valence-electron chi connectivity index (χ1n) is 8.54. The molecule has 0 unspecified atom stereocenters. The number of allylic oxidation sites excluding steroid dienone is 2. The molecule has 2 aromatic carbocycles. The highest BCUT2D eigenvalue weighted by Gasteiger charge is 2.37. The number of rotatable bonds is 4. The number of carbonyl (C=O) groups is 1. The van der Waals surface area contributed by atoms with Crippen molar-refractivity contribution in [3.8, 4) is 0 Å². The summed E-state index contributed by atoms with van der Waals surface area (Å²) in [6, 6.07) is 20.9. The molecule has 1 aliphatic carbocycles. The molecule has 4 nitrogen and oxygen atoms in total. The first-order valence-corrected chi connectivity index (χ1v) is 8.54. The zero-order valence-corrected chi connectivity index (χ0v) is 14.2. The largest absolute Gasteiger partial charge is 0.382 e. The van der Waals surface area contributed by atoms with Gasteiger partial charge in [0.1, 0.15) is 6.29 Å². The number of benzene rings is 2. The summed E-state index contributed by atoms with van der Waals surface area (Å²) in [5.41, 5.74) is 10.1. The van der Waals surface area contributed by atoms with Crippen LogP contribution in [0.1, 0.15) is 22.4 Å². The molecule has 0 saturated heterocycles. The van der Waals surface area contributed by atoms with Crippen molar-refractivity contribution in [2.45, 2.75) is 11.8 Å². The average molecular weight is 341 g/mol. The number of nitrogens with two attached hydrogens (primary N) is 1. The van der Waals surface area contributed by atoms with Crippen LogP contribution in [0, 0.1) is 0 Å². The minimum atomic E-state index is -0.311. The number of hydrogen-bond donors (Lipinski definition) is 1. The third kappa shape index (κ3) is 2.56. The highest BCUT2D eigenvalue weighted by molar-refractivity contribution is 5.73. The zero-order valence-electron chi connectivity index (χ0n) is 14.2. The Kier molecular flexibility index (Phi) is 4.01. The quantitative estimate of drug-likeness (QED) is 0.581. The minimum absolute atomic E-state index is 0.311. The molecule has 3 aromatic rings. The molecule has 0 atom stereocenters. The lowest BCUT2D eigenvalue weighted by atomic mass is 9.68. The van der Waals surface area contributed by atoms with Crippen LogP contribution in [0.2, 0.25) is 0 Å². The van der Waals surface area contributed by atoms with Gasteiger partial charge in [-0.3, -0.25) is 4.79 Å². The summed E-state index contributed by atoms with van der Waals surface area (Å²) in [6.07, 6.45) is 8.79. The summed E-state index contributed by atoms with van der Waals surface area (Å²) < 4.78 is 1.71. The second kappa shape index (κ2) is 6.48. The SMILES string of the molecule is Nc1nn(C=CC=O)c2c1C=CC(c1ccccc1)(c1ccccc1)C2. The molecular weight excluding hydrogens is 322 g/mol. The molecule has 0 bridgehead atoms. The maximum Gasteiger partial charge on any atom is 0.153 e. The van der Waals surface area contributed by atoms with Gasteiger partial charge in [0.25, 0.3) is 0 Å². The number of carbonyl (C=O) groups excluding carboxylic acids is 1. The second-order valence-corrected chi connectivity index (χ2v) is 6.38. The predicted molar refractivity (Wildman–Crippen MR) is 104 cm³/mol. The van der Waals surface area contributed by atoms with Gasteiger partial charge >= 0.3 is 0 Å². The van der Waals surface area contributed by atoms with Gasteiger partial charge in [0.2, 0.25) is 0 Å². The van der Waals surface area contributed by atoms with E-state index in [0.717, 1.165) is 17.5 Å². The molecule has 1 aromatic heterocycles. The topological polar surface area (TPSA) is 60.9 Å². The monoisotopic (exact) mass is 341 g/mol. The maximum atomic E-state index is 10.8. The van der Waals surface area contributed by atoms with Crippen molar-refractivity contribution in [1.82, 2.24) is 9.78 Å². The van der Waals surface area contributed by atoms with Crippen molar-refractivity contribution in [1.29, 1.82) is 0 Å². The molecule has 4 rings (SSSR count). The van der Waals surface area contributed by atoms with Crippen LogP contribution in [0.5, 0.6) is 0 Å². The molecular formula is C22H19N3O. The summed E-state index contributed by atoms with van der Waals surface area (Å²) in [7, 11) is 0. The number of aromatic nitrogens is 2. The third-order valence-corrected chi connectivity index (χ3v) is 4.94. The first kappa shape index (κ1) is 16.1. The van der Waals surface area contributed by atoms with E-state index in [0.29, 0.717) is 12.2 Å². The molecule has 26 heavy (non-hydrogen) atoms. The lowest BCUT2D eigenvalue weighted by Crippen LogP contribution is -2.31. The van der Waals surface area contributed by atoms with E-state index in [1.807, 2.05) is 18.2 Å². The van der Waals surface area contributed by atoms with Crippen LogP contribution in [-0.2, 0) is 16.6 Å². The normalized spacial score (nSPS) is 15.1. The van der Waals surface area contributed by atoms with Crippen LogP contribution in [0.15, 0.2) is 72.8 Å². The predicted octanol–water partition coefficient (Wildman–Crippen LogP) is 3.69. The van der Waals surface area contributed by atoms with Crippen molar-refractivity contribution in [2.75, 3.05) is 5.73 Å². The highest BCUT2D eigenvalue weighted by atomic mass is 16.1. The second-order valence-electron chi connectivity index (χ2n) is 6.38. The molecule has 0 fully saturated rings. The van der Waals surface area contributed by atoms with Crippen LogP contribution >= 0.6 is 0 Å². The number of hydrogen-bond acceptors (Lipinski definition) is 3. The molecule has 0 saturated carbocycles. The number of fused-ring (bicyclic) bond motifs is 1. The van der Waals surface area contributed by atoms with Gasteiger partial charge in [-0.25, -0.2) is 4.68 Å². The van der Waals surface area contributed by atoms with Crippen LogP contribution < -0.4 is 5.73 Å². The molecule has 0 radical (unpaired) electrons. The number of nitrogen functional groups attached to an aromatic ring is 1. The Bertz CT molecular complexity index is 945. The third-order valence-electron chi connectivity index (χ3n) is 4.94. The Balaban J connectivity index is 1.92. The Morgan fingerprint density at radius 2 is 1.62 bits per heavy atom. The van der Waals surface area contributed by atoms with Crippen LogP contribution in [0.25, 0.3) is 12.3 Å². The number of nitrogens with zero attached hydrogens (tertiary/aromatic N) is 2. The molecule has 1 aliphatic rings. The van der Waals surface area contributed by atoms with Gasteiger partial charge in [-0.15, -0.1) is 0 Å². The van der Waals surface area contributed by atoms with Gasteiger partial charge in [-0.1, -0.05) is 72.8 Å². The molecule has 128 valence electrons. The van der Waals surface area contributed by atoms with E-state index in [4.69, 9.17) is 5.73 Å². The molecule has 0 aliphatic heterocycles. The standard InChI is InChI=1S/C22H19N3O/c23-21-19-12-13-22(17-8-3-1-4-9-17,18-10-5-2-6-11-18)16-20(19)25(24-21)14-7-15-26/h1-15H,16H2,(H2,23,24). The van der Waals surface area contributed by atoms with E-state index in [9.17, 15) is 4.79 Å². The summed E-state index contributed by atoms with van der Waals surface area (Å²) >= 11 is 0. The van der Waals surface area contributed by atoms with Crippen LogP contribution in [-0.4, -0.2) is 16.1 Å². The summed E-state index contributed by atoms with van der Waals surface area (Å²) in [5.74, 6) is 0.474. The Hall–Kier alpha value is -3.40. The fraction of sp³-hybridized carbons (Fsp3) is 0.0909. The average Bonchev–Trinajstić information content (AvgIpc) is 3.02. The number of aldehydes is 1. The highest BCUT2D eigenvalue weighted by Crippen LogP contribution is 2.42. The summed E-state index contributed by atoms with van der Waals surface area (Å²) in [5, 5.41) is 4.38. The lowest BCUT2D eigenvalue weighted by molar-refractivity contribution is -0.104. The molecule has 2 N–H and O–H groups in total. The molecule has 0 amide bonds. The zero-order chi connectivity index (χ0) is 18.0. The Labute approximate surface area is 152 Å². The van der Waals surface area contributed by atoms with Crippen molar-refractivity contribution in [2.24, 2.45) is 0 Å². The Morgan fingerprint density at radius 1 is 1.00 bits per heavy atom. The van der Waals surface area contributed by atoms with Gasteiger partial charge in [-0.2, -0.15) is 5.10 Å². The fourth-order valence-corrected chi connectivity index (χ4v) is 3.68. The van der Waals surface area contributed by atoms with Crippen molar-refractivity contribution in [3.63, 3.8) is 0 Å². The first-order chi connectivity index (χ1) is 12.7. The van der Waals surface area contributed by atoms with E-state index in [1.165, 1.54) is 17.2 Å². The Morgan fingerprint density at radius 3 is 2.19 bits per heavy atom. The van der Waals surface area contributed by atoms with Crippen molar-refractivity contribution in [3.05, 3.63) is 95.2 Å². The van der Waals surface area contributed by atoms with E-state index < -0.39 is 0 Å². The van der Waals surface area contributed by atoms with E-state index in [-0.39, 0.29) is 5.41 Å². The van der Waals surface area contributed by atoms with Crippen molar-refractivity contribution >= 4 is 24.4 Å². The van der Waals surface area contributed by atoms with Gasteiger partial charge in [0.05, 0.1) is 5.69 Å². The van der Waals surface area contributed by atoms with Crippen molar-refractivity contribution < 1.29 is 4.79 Å². The van der Waals surface area contributed by atoms with Gasteiger partial charge in [0, 0.05) is 23.6 Å².